The maximum Gasteiger partial charge on any atom is 0.271 e. The summed E-state index contributed by atoms with van der Waals surface area (Å²) in [5.41, 5.74) is 0.330. The van der Waals surface area contributed by atoms with Gasteiger partial charge in [-0.05, 0) is 39.9 Å². The van der Waals surface area contributed by atoms with Gasteiger partial charge in [-0.2, -0.15) is 0 Å². The number of hydrogen-bond acceptors (Lipinski definition) is 6. The molecule has 2 rings (SSSR count). The minimum absolute atomic E-state index is 0.134. The number of aromatic nitrogens is 2. The Hall–Kier alpha value is -1.73. The highest BCUT2D eigenvalue weighted by Crippen LogP contribution is 2.10. The molecule has 7 nitrogen and oxygen atoms in total. The molecule has 1 saturated heterocycles. The molecule has 0 saturated carbocycles. The van der Waals surface area contributed by atoms with Crippen molar-refractivity contribution in [3.63, 3.8) is 0 Å². The van der Waals surface area contributed by atoms with Crippen molar-refractivity contribution in [1.82, 2.24) is 20.2 Å². The van der Waals surface area contributed by atoms with Gasteiger partial charge in [0.05, 0.1) is 18.5 Å². The van der Waals surface area contributed by atoms with Crippen LogP contribution in [0.5, 0.6) is 0 Å². The quantitative estimate of drug-likeness (QED) is 0.690. The van der Waals surface area contributed by atoms with E-state index in [0.717, 1.165) is 39.0 Å². The lowest BCUT2D eigenvalue weighted by molar-refractivity contribution is 0.0853. The van der Waals surface area contributed by atoms with E-state index in [1.165, 1.54) is 6.20 Å². The van der Waals surface area contributed by atoms with E-state index < -0.39 is 0 Å². The van der Waals surface area contributed by atoms with E-state index in [-0.39, 0.29) is 12.0 Å². The average Bonchev–Trinajstić information content (AvgIpc) is 3.03. The second-order valence-corrected chi connectivity index (χ2v) is 5.72. The maximum atomic E-state index is 12.0. The standard InChI is InChI=1S/C15H25N5O2/c1-20(2)7-4-6-16-14-11-17-13(10-18-14)15(21)19-9-12-5-3-8-22-12/h10-12H,3-9H2,1-2H3,(H,16,18)(H,19,21). The van der Waals surface area contributed by atoms with Gasteiger partial charge in [-0.1, -0.05) is 0 Å². The van der Waals surface area contributed by atoms with Gasteiger partial charge in [-0.3, -0.25) is 4.79 Å². The van der Waals surface area contributed by atoms with Crippen molar-refractivity contribution in [2.24, 2.45) is 0 Å². The Balaban J connectivity index is 1.71. The molecular formula is C15H25N5O2. The van der Waals surface area contributed by atoms with Gasteiger partial charge >= 0.3 is 0 Å². The van der Waals surface area contributed by atoms with Gasteiger partial charge in [-0.25, -0.2) is 9.97 Å². The third-order valence-electron chi connectivity index (χ3n) is 3.49. The summed E-state index contributed by atoms with van der Waals surface area (Å²) in [6.07, 6.45) is 6.32. The first-order valence-corrected chi connectivity index (χ1v) is 7.75. The fourth-order valence-corrected chi connectivity index (χ4v) is 2.25. The second kappa shape index (κ2) is 8.65. The number of nitrogens with one attached hydrogen (secondary N) is 2. The molecule has 1 amide bonds. The maximum absolute atomic E-state index is 12.0. The lowest BCUT2D eigenvalue weighted by Crippen LogP contribution is -2.32. The Bertz CT molecular complexity index is 458. The summed E-state index contributed by atoms with van der Waals surface area (Å²) in [6.45, 7) is 3.17. The van der Waals surface area contributed by atoms with Crippen molar-refractivity contribution < 1.29 is 9.53 Å². The van der Waals surface area contributed by atoms with Gasteiger partial charge < -0.3 is 20.3 Å². The fraction of sp³-hybridized carbons (Fsp3) is 0.667. The van der Waals surface area contributed by atoms with Crippen LogP contribution in [-0.2, 0) is 4.74 Å². The normalized spacial score (nSPS) is 17.7. The molecule has 1 unspecified atom stereocenters. The van der Waals surface area contributed by atoms with Crippen LogP contribution >= 0.6 is 0 Å². The highest BCUT2D eigenvalue weighted by molar-refractivity contribution is 5.92. The topological polar surface area (TPSA) is 79.4 Å². The van der Waals surface area contributed by atoms with E-state index in [2.05, 4.69) is 25.5 Å². The van der Waals surface area contributed by atoms with E-state index in [1.54, 1.807) is 6.20 Å². The van der Waals surface area contributed by atoms with Gasteiger partial charge in [0, 0.05) is 19.7 Å². The summed E-state index contributed by atoms with van der Waals surface area (Å²) in [7, 11) is 4.09. The van der Waals surface area contributed by atoms with Gasteiger partial charge in [0.25, 0.3) is 5.91 Å². The highest BCUT2D eigenvalue weighted by Gasteiger charge is 2.17. The molecule has 1 aliphatic heterocycles. The highest BCUT2D eigenvalue weighted by atomic mass is 16.5. The number of carbonyl (C=O) groups is 1. The summed E-state index contributed by atoms with van der Waals surface area (Å²) in [5.74, 6) is 0.483. The second-order valence-electron chi connectivity index (χ2n) is 5.72. The molecule has 2 heterocycles. The fourth-order valence-electron chi connectivity index (χ4n) is 2.25. The van der Waals surface area contributed by atoms with Crippen LogP contribution in [0, 0.1) is 0 Å². The molecule has 0 radical (unpaired) electrons. The summed E-state index contributed by atoms with van der Waals surface area (Å²) >= 11 is 0. The van der Waals surface area contributed by atoms with E-state index in [9.17, 15) is 4.79 Å². The molecule has 22 heavy (non-hydrogen) atoms. The van der Waals surface area contributed by atoms with Crippen LogP contribution in [-0.4, -0.2) is 67.2 Å². The molecule has 1 atom stereocenters. The predicted molar refractivity (Wildman–Crippen MR) is 85.0 cm³/mol. The zero-order chi connectivity index (χ0) is 15.8. The molecule has 0 bridgehead atoms. The number of amides is 1. The number of ether oxygens (including phenoxy) is 1. The van der Waals surface area contributed by atoms with Crippen molar-refractivity contribution >= 4 is 11.7 Å². The van der Waals surface area contributed by atoms with Crippen molar-refractivity contribution in [3.8, 4) is 0 Å². The smallest absolute Gasteiger partial charge is 0.271 e. The SMILES string of the molecule is CN(C)CCCNc1cnc(C(=O)NCC2CCCO2)cn1. The van der Waals surface area contributed by atoms with Crippen LogP contribution in [0.1, 0.15) is 29.8 Å². The third-order valence-corrected chi connectivity index (χ3v) is 3.49. The molecule has 2 N–H and O–H groups in total. The lowest BCUT2D eigenvalue weighted by atomic mass is 10.2. The van der Waals surface area contributed by atoms with Gasteiger partial charge in [0.2, 0.25) is 0 Å². The molecule has 0 aliphatic carbocycles. The van der Waals surface area contributed by atoms with Crippen molar-refractivity contribution in [1.29, 1.82) is 0 Å². The number of rotatable bonds is 8. The molecule has 1 aliphatic rings. The van der Waals surface area contributed by atoms with Crippen LogP contribution in [0.3, 0.4) is 0 Å². The Morgan fingerprint density at radius 1 is 1.41 bits per heavy atom. The van der Waals surface area contributed by atoms with Crippen molar-refractivity contribution in [2.75, 3.05) is 45.7 Å². The van der Waals surface area contributed by atoms with E-state index in [0.29, 0.717) is 18.1 Å². The molecule has 1 aromatic heterocycles. The average molecular weight is 307 g/mol. The third kappa shape index (κ3) is 5.57. The number of anilines is 1. The minimum Gasteiger partial charge on any atom is -0.376 e. The summed E-state index contributed by atoms with van der Waals surface area (Å²) < 4.78 is 5.47. The molecule has 122 valence electrons. The van der Waals surface area contributed by atoms with Crippen molar-refractivity contribution in [3.05, 3.63) is 18.1 Å². The zero-order valence-electron chi connectivity index (χ0n) is 13.3. The molecule has 0 spiro atoms. The van der Waals surface area contributed by atoms with Crippen LogP contribution in [0.4, 0.5) is 5.82 Å². The first-order chi connectivity index (χ1) is 10.6. The van der Waals surface area contributed by atoms with Gasteiger partial charge in [-0.15, -0.1) is 0 Å². The largest absolute Gasteiger partial charge is 0.376 e. The molecule has 7 heteroatoms. The Labute approximate surface area is 131 Å². The van der Waals surface area contributed by atoms with Crippen LogP contribution in [0.2, 0.25) is 0 Å². The molecule has 1 aromatic rings. The first-order valence-electron chi connectivity index (χ1n) is 7.75. The molecule has 1 fully saturated rings. The van der Waals surface area contributed by atoms with Gasteiger partial charge in [0.15, 0.2) is 0 Å². The molecular weight excluding hydrogens is 282 g/mol. The first kappa shape index (κ1) is 16.6. The summed E-state index contributed by atoms with van der Waals surface area (Å²) in [6, 6.07) is 0. The number of nitrogens with zero attached hydrogens (tertiary/aromatic N) is 3. The van der Waals surface area contributed by atoms with E-state index in [1.807, 2.05) is 14.1 Å². The lowest BCUT2D eigenvalue weighted by Gasteiger charge is -2.11. The van der Waals surface area contributed by atoms with E-state index >= 15 is 0 Å². The zero-order valence-corrected chi connectivity index (χ0v) is 13.3. The monoisotopic (exact) mass is 307 g/mol. The van der Waals surface area contributed by atoms with E-state index in [4.69, 9.17) is 4.74 Å². The Kier molecular flexibility index (Phi) is 6.54. The van der Waals surface area contributed by atoms with Crippen LogP contribution < -0.4 is 10.6 Å². The van der Waals surface area contributed by atoms with Crippen molar-refractivity contribution in [2.45, 2.75) is 25.4 Å². The Morgan fingerprint density at radius 2 is 2.27 bits per heavy atom. The van der Waals surface area contributed by atoms with Crippen LogP contribution in [0.25, 0.3) is 0 Å². The summed E-state index contributed by atoms with van der Waals surface area (Å²) in [5, 5.41) is 6.02. The summed E-state index contributed by atoms with van der Waals surface area (Å²) in [4.78, 5) is 22.5. The minimum atomic E-state index is -0.206. The van der Waals surface area contributed by atoms with Gasteiger partial charge in [0.1, 0.15) is 11.5 Å². The number of carbonyl (C=O) groups excluding carboxylic acids is 1. The Morgan fingerprint density at radius 3 is 2.91 bits per heavy atom. The van der Waals surface area contributed by atoms with Crippen LogP contribution in [0.15, 0.2) is 12.4 Å². The number of hydrogen-bond donors (Lipinski definition) is 2. The molecule has 0 aromatic carbocycles. The predicted octanol–water partition coefficient (Wildman–Crippen LogP) is 0.749.